The summed E-state index contributed by atoms with van der Waals surface area (Å²) in [7, 11) is 3.37. The van der Waals surface area contributed by atoms with Gasteiger partial charge in [-0.3, -0.25) is 4.79 Å². The highest BCUT2D eigenvalue weighted by Gasteiger charge is 2.41. The van der Waals surface area contributed by atoms with Gasteiger partial charge in [0.25, 0.3) is 0 Å². The highest BCUT2D eigenvalue weighted by molar-refractivity contribution is 5.83. The SMILES string of the molecule is COCC1(C(=O)N(C)Cc2ccc(OC(F)F)cc2)CCNCC1. The summed E-state index contributed by atoms with van der Waals surface area (Å²) in [6, 6.07) is 6.34. The van der Waals surface area contributed by atoms with Crippen molar-refractivity contribution in [3.63, 3.8) is 0 Å². The first-order valence-electron chi connectivity index (χ1n) is 7.96. The number of halogens is 2. The Labute approximate surface area is 140 Å². The molecule has 0 aliphatic carbocycles. The zero-order valence-corrected chi connectivity index (χ0v) is 14.1. The molecule has 1 N–H and O–H groups in total. The Morgan fingerprint density at radius 2 is 1.92 bits per heavy atom. The van der Waals surface area contributed by atoms with Gasteiger partial charge in [0, 0.05) is 20.7 Å². The number of hydrogen-bond donors (Lipinski definition) is 1. The van der Waals surface area contributed by atoms with Gasteiger partial charge in [0.2, 0.25) is 5.91 Å². The van der Waals surface area contributed by atoms with E-state index in [9.17, 15) is 13.6 Å². The van der Waals surface area contributed by atoms with Gasteiger partial charge in [-0.15, -0.1) is 0 Å². The Hall–Kier alpha value is -1.73. The van der Waals surface area contributed by atoms with Crippen LogP contribution in [0, 0.1) is 5.41 Å². The number of carbonyl (C=O) groups excluding carboxylic acids is 1. The summed E-state index contributed by atoms with van der Waals surface area (Å²) in [5.74, 6) is 0.163. The van der Waals surface area contributed by atoms with Crippen LogP contribution in [0.1, 0.15) is 18.4 Å². The van der Waals surface area contributed by atoms with E-state index in [1.807, 2.05) is 0 Å². The predicted octanol–water partition coefficient (Wildman–Crippen LogP) is 2.26. The number of nitrogens with one attached hydrogen (secondary N) is 1. The van der Waals surface area contributed by atoms with Crippen LogP contribution in [0.25, 0.3) is 0 Å². The van der Waals surface area contributed by atoms with E-state index in [2.05, 4.69) is 10.1 Å². The molecule has 1 heterocycles. The van der Waals surface area contributed by atoms with Crippen LogP contribution < -0.4 is 10.1 Å². The first-order chi connectivity index (χ1) is 11.5. The number of piperidine rings is 1. The van der Waals surface area contributed by atoms with Crippen molar-refractivity contribution in [1.29, 1.82) is 0 Å². The van der Waals surface area contributed by atoms with Crippen LogP contribution in [-0.4, -0.2) is 51.3 Å². The summed E-state index contributed by atoms with van der Waals surface area (Å²) in [5, 5.41) is 3.26. The van der Waals surface area contributed by atoms with Crippen molar-refractivity contribution < 1.29 is 23.0 Å². The maximum Gasteiger partial charge on any atom is 0.387 e. The van der Waals surface area contributed by atoms with E-state index in [-0.39, 0.29) is 11.7 Å². The molecule has 1 fully saturated rings. The van der Waals surface area contributed by atoms with E-state index in [0.29, 0.717) is 13.2 Å². The van der Waals surface area contributed by atoms with Gasteiger partial charge in [0.05, 0.1) is 12.0 Å². The molecule has 0 saturated carbocycles. The molecule has 0 spiro atoms. The lowest BCUT2D eigenvalue weighted by Gasteiger charge is -2.38. The molecule has 1 saturated heterocycles. The molecule has 1 amide bonds. The van der Waals surface area contributed by atoms with Crippen LogP contribution in [0.2, 0.25) is 0 Å². The fourth-order valence-corrected chi connectivity index (χ4v) is 3.13. The minimum Gasteiger partial charge on any atom is -0.435 e. The molecule has 0 aromatic heterocycles. The molecular formula is C17H24F2N2O3. The Balaban J connectivity index is 2.01. The molecule has 1 aliphatic rings. The third-order valence-electron chi connectivity index (χ3n) is 4.35. The van der Waals surface area contributed by atoms with Crippen molar-refractivity contribution in [1.82, 2.24) is 10.2 Å². The summed E-state index contributed by atoms with van der Waals surface area (Å²) >= 11 is 0. The lowest BCUT2D eigenvalue weighted by Crippen LogP contribution is -2.50. The van der Waals surface area contributed by atoms with Crippen molar-refractivity contribution in [2.75, 3.05) is 33.9 Å². The monoisotopic (exact) mass is 342 g/mol. The molecule has 5 nitrogen and oxygen atoms in total. The molecule has 134 valence electrons. The highest BCUT2D eigenvalue weighted by Crippen LogP contribution is 2.31. The van der Waals surface area contributed by atoms with Gasteiger partial charge in [-0.25, -0.2) is 0 Å². The first kappa shape index (κ1) is 18.6. The average molecular weight is 342 g/mol. The average Bonchev–Trinajstić information content (AvgIpc) is 2.56. The number of methoxy groups -OCH3 is 1. The molecule has 1 aromatic rings. The minimum absolute atomic E-state index is 0.0544. The Kier molecular flexibility index (Phi) is 6.51. The molecule has 7 heteroatoms. The normalized spacial score (nSPS) is 16.9. The van der Waals surface area contributed by atoms with Crippen molar-refractivity contribution in [2.24, 2.45) is 5.41 Å². The van der Waals surface area contributed by atoms with E-state index in [1.54, 1.807) is 31.2 Å². The number of carbonyl (C=O) groups is 1. The second kappa shape index (κ2) is 8.39. The second-order valence-corrected chi connectivity index (χ2v) is 6.15. The Morgan fingerprint density at radius 3 is 2.46 bits per heavy atom. The standard InChI is InChI=1S/C17H24F2N2O3/c1-21(11-13-3-5-14(6-4-13)24-16(18)19)15(22)17(12-23-2)7-9-20-10-8-17/h3-6,16,20H,7-12H2,1-2H3. The number of amides is 1. The van der Waals surface area contributed by atoms with Gasteiger partial charge in [-0.2, -0.15) is 8.78 Å². The number of rotatable bonds is 7. The fourth-order valence-electron chi connectivity index (χ4n) is 3.13. The topological polar surface area (TPSA) is 50.8 Å². The quantitative estimate of drug-likeness (QED) is 0.826. The maximum atomic E-state index is 12.9. The molecule has 1 aromatic carbocycles. The lowest BCUT2D eigenvalue weighted by atomic mass is 9.78. The summed E-state index contributed by atoms with van der Waals surface area (Å²) in [6.07, 6.45) is 1.48. The number of hydrogen-bond acceptors (Lipinski definition) is 4. The predicted molar refractivity (Wildman–Crippen MR) is 86.0 cm³/mol. The van der Waals surface area contributed by atoms with E-state index in [0.717, 1.165) is 31.5 Å². The van der Waals surface area contributed by atoms with Crippen LogP contribution >= 0.6 is 0 Å². The molecule has 0 radical (unpaired) electrons. The Bertz CT molecular complexity index is 526. The van der Waals surface area contributed by atoms with Crippen LogP contribution in [-0.2, 0) is 16.1 Å². The van der Waals surface area contributed by atoms with Crippen molar-refractivity contribution in [2.45, 2.75) is 26.0 Å². The van der Waals surface area contributed by atoms with Crippen LogP contribution in [0.3, 0.4) is 0 Å². The van der Waals surface area contributed by atoms with Crippen LogP contribution in [0.15, 0.2) is 24.3 Å². The second-order valence-electron chi connectivity index (χ2n) is 6.15. The van der Waals surface area contributed by atoms with Gasteiger partial charge < -0.3 is 19.7 Å². The van der Waals surface area contributed by atoms with E-state index in [1.165, 1.54) is 12.1 Å². The minimum atomic E-state index is -2.84. The molecule has 24 heavy (non-hydrogen) atoms. The Morgan fingerprint density at radius 1 is 1.29 bits per heavy atom. The molecule has 1 aliphatic heterocycles. The van der Waals surface area contributed by atoms with Crippen LogP contribution in [0.5, 0.6) is 5.75 Å². The van der Waals surface area contributed by atoms with Gasteiger partial charge in [0.15, 0.2) is 0 Å². The van der Waals surface area contributed by atoms with E-state index < -0.39 is 12.0 Å². The third kappa shape index (κ3) is 4.64. The van der Waals surface area contributed by atoms with Crippen molar-refractivity contribution >= 4 is 5.91 Å². The first-order valence-corrected chi connectivity index (χ1v) is 7.96. The highest BCUT2D eigenvalue weighted by atomic mass is 19.3. The zero-order valence-electron chi connectivity index (χ0n) is 14.1. The number of nitrogens with zero attached hydrogens (tertiary/aromatic N) is 1. The van der Waals surface area contributed by atoms with E-state index >= 15 is 0 Å². The molecular weight excluding hydrogens is 318 g/mol. The molecule has 0 atom stereocenters. The van der Waals surface area contributed by atoms with Crippen molar-refractivity contribution in [3.05, 3.63) is 29.8 Å². The molecule has 0 bridgehead atoms. The van der Waals surface area contributed by atoms with E-state index in [4.69, 9.17) is 4.74 Å². The van der Waals surface area contributed by atoms with Crippen molar-refractivity contribution in [3.8, 4) is 5.75 Å². The summed E-state index contributed by atoms with van der Waals surface area (Å²) in [6.45, 7) is -0.439. The number of ether oxygens (including phenoxy) is 2. The summed E-state index contributed by atoms with van der Waals surface area (Å²) in [5.41, 5.74) is 0.363. The fraction of sp³-hybridized carbons (Fsp3) is 0.588. The van der Waals surface area contributed by atoms with Gasteiger partial charge >= 0.3 is 6.61 Å². The number of alkyl halides is 2. The van der Waals surface area contributed by atoms with Gasteiger partial charge in [-0.1, -0.05) is 12.1 Å². The summed E-state index contributed by atoms with van der Waals surface area (Å²) in [4.78, 5) is 14.6. The van der Waals surface area contributed by atoms with Gasteiger partial charge in [-0.05, 0) is 43.6 Å². The molecule has 2 rings (SSSR count). The zero-order chi connectivity index (χ0) is 17.6. The van der Waals surface area contributed by atoms with Gasteiger partial charge in [0.1, 0.15) is 5.75 Å². The smallest absolute Gasteiger partial charge is 0.387 e. The lowest BCUT2D eigenvalue weighted by molar-refractivity contribution is -0.146. The number of benzene rings is 1. The van der Waals surface area contributed by atoms with Crippen LogP contribution in [0.4, 0.5) is 8.78 Å². The maximum absolute atomic E-state index is 12.9. The molecule has 0 unspecified atom stereocenters. The summed E-state index contributed by atoms with van der Waals surface area (Å²) < 4.78 is 34.0. The third-order valence-corrected chi connectivity index (χ3v) is 4.35. The largest absolute Gasteiger partial charge is 0.435 e.